The van der Waals surface area contributed by atoms with Crippen molar-refractivity contribution in [2.45, 2.75) is 62.7 Å². The molecule has 2 aliphatic heterocycles. The standard InChI is InChI=1S/C16H28N2O3/c1-2-15(19)18-16(7-8-17,11-13-5-3-9-20-13)12-14-6-4-10-21-14/h2,13-14H,1,3-12,17H2,(H,18,19). The molecule has 1 amide bonds. The molecule has 0 radical (unpaired) electrons. The van der Waals surface area contributed by atoms with E-state index in [1.165, 1.54) is 6.08 Å². The van der Waals surface area contributed by atoms with Crippen LogP contribution in [0, 0.1) is 0 Å². The highest BCUT2D eigenvalue weighted by molar-refractivity contribution is 5.87. The van der Waals surface area contributed by atoms with Gasteiger partial charge in [0.2, 0.25) is 5.91 Å². The third-order valence-corrected chi connectivity index (χ3v) is 4.48. The van der Waals surface area contributed by atoms with Crippen LogP contribution in [0.5, 0.6) is 0 Å². The number of hydrogen-bond donors (Lipinski definition) is 2. The lowest BCUT2D eigenvalue weighted by molar-refractivity contribution is -0.119. The molecule has 120 valence electrons. The smallest absolute Gasteiger partial charge is 0.243 e. The molecule has 5 nitrogen and oxygen atoms in total. The van der Waals surface area contributed by atoms with Gasteiger partial charge in [-0.3, -0.25) is 4.79 Å². The van der Waals surface area contributed by atoms with E-state index in [1.807, 2.05) is 0 Å². The topological polar surface area (TPSA) is 73.6 Å². The minimum Gasteiger partial charge on any atom is -0.378 e. The van der Waals surface area contributed by atoms with E-state index in [4.69, 9.17) is 15.2 Å². The van der Waals surface area contributed by atoms with E-state index in [0.717, 1.165) is 58.2 Å². The Kier molecular flexibility index (Phi) is 6.21. The fourth-order valence-corrected chi connectivity index (χ4v) is 3.52. The van der Waals surface area contributed by atoms with Gasteiger partial charge in [0.15, 0.2) is 0 Å². The lowest BCUT2D eigenvalue weighted by Gasteiger charge is -2.38. The van der Waals surface area contributed by atoms with Crippen molar-refractivity contribution in [1.29, 1.82) is 0 Å². The molecule has 0 bridgehead atoms. The first-order chi connectivity index (χ1) is 10.2. The lowest BCUT2D eigenvalue weighted by atomic mass is 9.82. The minimum absolute atomic E-state index is 0.139. The summed E-state index contributed by atoms with van der Waals surface area (Å²) in [5.74, 6) is -0.139. The summed E-state index contributed by atoms with van der Waals surface area (Å²) >= 11 is 0. The summed E-state index contributed by atoms with van der Waals surface area (Å²) in [6.07, 6.45) is 8.42. The highest BCUT2D eigenvalue weighted by Gasteiger charge is 2.38. The average Bonchev–Trinajstić information content (AvgIpc) is 3.12. The Morgan fingerprint density at radius 1 is 1.24 bits per heavy atom. The van der Waals surface area contributed by atoms with Gasteiger partial charge in [-0.1, -0.05) is 6.58 Å². The predicted octanol–water partition coefficient (Wildman–Crippen LogP) is 1.51. The van der Waals surface area contributed by atoms with Gasteiger partial charge in [0.25, 0.3) is 0 Å². The first-order valence-corrected chi connectivity index (χ1v) is 8.05. The van der Waals surface area contributed by atoms with Gasteiger partial charge in [0.05, 0.1) is 12.2 Å². The summed E-state index contributed by atoms with van der Waals surface area (Å²) in [6, 6.07) is 0. The van der Waals surface area contributed by atoms with Gasteiger partial charge in [-0.25, -0.2) is 0 Å². The van der Waals surface area contributed by atoms with Gasteiger partial charge in [-0.15, -0.1) is 0 Å². The quantitative estimate of drug-likeness (QED) is 0.666. The zero-order valence-corrected chi connectivity index (χ0v) is 12.8. The molecule has 0 aliphatic carbocycles. The fourth-order valence-electron chi connectivity index (χ4n) is 3.52. The zero-order valence-electron chi connectivity index (χ0n) is 12.8. The molecule has 2 heterocycles. The highest BCUT2D eigenvalue weighted by Crippen LogP contribution is 2.32. The number of nitrogens with two attached hydrogens (primary N) is 1. The SMILES string of the molecule is C=CC(=O)NC(CCN)(CC1CCCO1)CC1CCCO1. The maximum Gasteiger partial charge on any atom is 0.243 e. The highest BCUT2D eigenvalue weighted by atomic mass is 16.5. The van der Waals surface area contributed by atoms with Crippen LogP contribution in [-0.2, 0) is 14.3 Å². The van der Waals surface area contributed by atoms with Crippen LogP contribution in [0.15, 0.2) is 12.7 Å². The molecule has 2 aliphatic rings. The number of carbonyl (C=O) groups is 1. The van der Waals surface area contributed by atoms with E-state index in [0.29, 0.717) is 6.54 Å². The largest absolute Gasteiger partial charge is 0.378 e. The molecule has 5 heteroatoms. The molecule has 0 aromatic rings. The lowest BCUT2D eigenvalue weighted by Crippen LogP contribution is -2.53. The minimum atomic E-state index is -0.343. The van der Waals surface area contributed by atoms with Crippen molar-refractivity contribution >= 4 is 5.91 Å². The maximum atomic E-state index is 11.9. The van der Waals surface area contributed by atoms with E-state index in [1.54, 1.807) is 0 Å². The molecule has 2 fully saturated rings. The van der Waals surface area contributed by atoms with E-state index in [9.17, 15) is 4.79 Å². The summed E-state index contributed by atoms with van der Waals surface area (Å²) in [5, 5.41) is 3.14. The molecular formula is C16H28N2O3. The number of carbonyl (C=O) groups excluding carboxylic acids is 1. The molecule has 21 heavy (non-hydrogen) atoms. The first-order valence-electron chi connectivity index (χ1n) is 8.05. The van der Waals surface area contributed by atoms with Crippen LogP contribution >= 0.6 is 0 Å². The molecule has 2 unspecified atom stereocenters. The average molecular weight is 296 g/mol. The monoisotopic (exact) mass is 296 g/mol. The molecule has 0 saturated carbocycles. The Labute approximate surface area is 127 Å². The Morgan fingerprint density at radius 3 is 2.19 bits per heavy atom. The second kappa shape index (κ2) is 7.92. The molecule has 0 aromatic carbocycles. The van der Waals surface area contributed by atoms with Crippen LogP contribution in [0.2, 0.25) is 0 Å². The second-order valence-electron chi connectivity index (χ2n) is 6.19. The van der Waals surface area contributed by atoms with Crippen LogP contribution in [0.3, 0.4) is 0 Å². The van der Waals surface area contributed by atoms with Crippen molar-refractivity contribution in [1.82, 2.24) is 5.32 Å². The van der Waals surface area contributed by atoms with Crippen molar-refractivity contribution < 1.29 is 14.3 Å². The van der Waals surface area contributed by atoms with Crippen molar-refractivity contribution in [3.05, 3.63) is 12.7 Å². The summed E-state index contributed by atoms with van der Waals surface area (Å²) in [5.41, 5.74) is 5.48. The van der Waals surface area contributed by atoms with Gasteiger partial charge < -0.3 is 20.5 Å². The normalized spacial score (nSPS) is 28.2. The van der Waals surface area contributed by atoms with E-state index < -0.39 is 0 Å². The first kappa shape index (κ1) is 16.5. The second-order valence-corrected chi connectivity index (χ2v) is 6.19. The van der Waals surface area contributed by atoms with Gasteiger partial charge >= 0.3 is 0 Å². The fraction of sp³-hybridized carbons (Fsp3) is 0.812. The Hall–Kier alpha value is -0.910. The van der Waals surface area contributed by atoms with Gasteiger partial charge in [0, 0.05) is 18.8 Å². The molecule has 2 rings (SSSR count). The van der Waals surface area contributed by atoms with Gasteiger partial charge in [-0.2, -0.15) is 0 Å². The Balaban J connectivity index is 2.09. The molecule has 0 aromatic heterocycles. The summed E-state index contributed by atoms with van der Waals surface area (Å²) in [4.78, 5) is 11.9. The van der Waals surface area contributed by atoms with Crippen molar-refractivity contribution in [2.75, 3.05) is 19.8 Å². The van der Waals surface area contributed by atoms with E-state index in [-0.39, 0.29) is 23.7 Å². The molecule has 3 N–H and O–H groups in total. The Morgan fingerprint density at radius 2 is 1.81 bits per heavy atom. The van der Waals surface area contributed by atoms with E-state index >= 15 is 0 Å². The van der Waals surface area contributed by atoms with E-state index in [2.05, 4.69) is 11.9 Å². The number of ether oxygens (including phenoxy) is 2. The van der Waals surface area contributed by atoms with Gasteiger partial charge in [-0.05, 0) is 57.6 Å². The molecule has 0 spiro atoms. The number of rotatable bonds is 8. The Bertz CT molecular complexity index is 329. The molecule has 2 saturated heterocycles. The number of amides is 1. The summed E-state index contributed by atoms with van der Waals surface area (Å²) < 4.78 is 11.6. The van der Waals surface area contributed by atoms with Crippen molar-refractivity contribution in [3.63, 3.8) is 0 Å². The number of nitrogens with one attached hydrogen (secondary N) is 1. The summed E-state index contributed by atoms with van der Waals surface area (Å²) in [7, 11) is 0. The molecular weight excluding hydrogens is 268 g/mol. The third kappa shape index (κ3) is 4.80. The molecule has 2 atom stereocenters. The number of hydrogen-bond acceptors (Lipinski definition) is 4. The van der Waals surface area contributed by atoms with Gasteiger partial charge in [0.1, 0.15) is 0 Å². The zero-order chi connectivity index (χ0) is 15.1. The summed E-state index contributed by atoms with van der Waals surface area (Å²) in [6.45, 7) is 5.74. The van der Waals surface area contributed by atoms with Crippen molar-refractivity contribution in [3.8, 4) is 0 Å². The third-order valence-electron chi connectivity index (χ3n) is 4.48. The predicted molar refractivity (Wildman–Crippen MR) is 81.9 cm³/mol. The van der Waals surface area contributed by atoms with Crippen LogP contribution in [0.4, 0.5) is 0 Å². The van der Waals surface area contributed by atoms with Crippen LogP contribution in [-0.4, -0.2) is 43.4 Å². The van der Waals surface area contributed by atoms with Crippen molar-refractivity contribution in [2.24, 2.45) is 5.73 Å². The van der Waals surface area contributed by atoms with Crippen LogP contribution in [0.25, 0.3) is 0 Å². The van der Waals surface area contributed by atoms with Crippen LogP contribution in [0.1, 0.15) is 44.9 Å². The maximum absolute atomic E-state index is 11.9. The van der Waals surface area contributed by atoms with Crippen LogP contribution < -0.4 is 11.1 Å².